The maximum absolute atomic E-state index is 9.90. The van der Waals surface area contributed by atoms with E-state index >= 15 is 0 Å². The molecule has 20 heavy (non-hydrogen) atoms. The molecule has 0 radical (unpaired) electrons. The molecule has 1 heterocycles. The van der Waals surface area contributed by atoms with E-state index in [-0.39, 0.29) is 6.10 Å². The van der Waals surface area contributed by atoms with E-state index in [1.807, 2.05) is 7.05 Å². The molecule has 1 aliphatic heterocycles. The highest BCUT2D eigenvalue weighted by Crippen LogP contribution is 2.28. The van der Waals surface area contributed by atoms with Crippen LogP contribution in [0.1, 0.15) is 24.8 Å². The number of benzene rings is 1. The largest absolute Gasteiger partial charge is 0.393 e. The first-order chi connectivity index (χ1) is 9.79. The van der Waals surface area contributed by atoms with Crippen molar-refractivity contribution in [3.63, 3.8) is 0 Å². The van der Waals surface area contributed by atoms with Crippen molar-refractivity contribution >= 4 is 11.6 Å². The van der Waals surface area contributed by atoms with Crippen molar-refractivity contribution in [1.29, 1.82) is 0 Å². The molecular formula is C16H23N3O. The van der Waals surface area contributed by atoms with E-state index in [4.69, 9.17) is 0 Å². The van der Waals surface area contributed by atoms with Gasteiger partial charge in [-0.1, -0.05) is 24.6 Å². The van der Waals surface area contributed by atoms with Crippen LogP contribution in [0.4, 0.5) is 5.69 Å². The summed E-state index contributed by atoms with van der Waals surface area (Å²) in [6, 6.07) is 8.50. The molecule has 1 saturated carbocycles. The summed E-state index contributed by atoms with van der Waals surface area (Å²) in [5.41, 5.74) is 2.64. The van der Waals surface area contributed by atoms with E-state index in [0.29, 0.717) is 5.92 Å². The zero-order valence-corrected chi connectivity index (χ0v) is 12.0. The Balaban J connectivity index is 1.66. The molecule has 4 heteroatoms. The predicted octanol–water partition coefficient (Wildman–Crippen LogP) is 1.79. The average Bonchev–Trinajstić information content (AvgIpc) is 3.07. The molecule has 3 rings (SSSR count). The Morgan fingerprint density at radius 2 is 2.25 bits per heavy atom. The third kappa shape index (κ3) is 2.52. The van der Waals surface area contributed by atoms with E-state index in [2.05, 4.69) is 39.5 Å². The number of anilines is 1. The van der Waals surface area contributed by atoms with Crippen molar-refractivity contribution in [1.82, 2.24) is 5.32 Å². The van der Waals surface area contributed by atoms with Crippen LogP contribution >= 0.6 is 0 Å². The van der Waals surface area contributed by atoms with E-state index in [1.54, 1.807) is 0 Å². The highest BCUT2D eigenvalue weighted by molar-refractivity contribution is 5.97. The molecule has 2 aliphatic rings. The number of aliphatic hydroxyl groups is 1. The lowest BCUT2D eigenvalue weighted by Gasteiger charge is -2.24. The highest BCUT2D eigenvalue weighted by Gasteiger charge is 2.27. The topological polar surface area (TPSA) is 47.9 Å². The molecule has 2 atom stereocenters. The van der Waals surface area contributed by atoms with Gasteiger partial charge in [-0.25, -0.2) is 0 Å². The molecule has 108 valence electrons. The van der Waals surface area contributed by atoms with Crippen molar-refractivity contribution < 1.29 is 5.11 Å². The van der Waals surface area contributed by atoms with E-state index in [0.717, 1.165) is 44.7 Å². The fourth-order valence-electron chi connectivity index (χ4n) is 3.33. The molecule has 0 spiro atoms. The monoisotopic (exact) mass is 273 g/mol. The van der Waals surface area contributed by atoms with Crippen molar-refractivity contribution in [2.45, 2.75) is 31.8 Å². The molecule has 0 amide bonds. The molecule has 1 aliphatic carbocycles. The number of hydrogen-bond acceptors (Lipinski definition) is 2. The Morgan fingerprint density at radius 3 is 3.00 bits per heavy atom. The number of aliphatic imine (C=N–C) groups is 1. The third-order valence-electron chi connectivity index (χ3n) is 4.50. The van der Waals surface area contributed by atoms with Gasteiger partial charge in [0, 0.05) is 31.7 Å². The zero-order chi connectivity index (χ0) is 13.9. The molecule has 4 nitrogen and oxygen atoms in total. The summed E-state index contributed by atoms with van der Waals surface area (Å²) in [5.74, 6) is 1.29. The Morgan fingerprint density at radius 1 is 1.40 bits per heavy atom. The Hall–Kier alpha value is -1.55. The van der Waals surface area contributed by atoms with Crippen LogP contribution in [0, 0.1) is 5.92 Å². The van der Waals surface area contributed by atoms with Crippen molar-refractivity contribution in [3.8, 4) is 0 Å². The second-order valence-corrected chi connectivity index (χ2v) is 5.72. The highest BCUT2D eigenvalue weighted by atomic mass is 16.3. The first kappa shape index (κ1) is 13.4. The molecule has 1 fully saturated rings. The predicted molar refractivity (Wildman–Crippen MR) is 82.2 cm³/mol. The number of guanidine groups is 1. The number of hydrogen-bond donors (Lipinski definition) is 2. The van der Waals surface area contributed by atoms with Gasteiger partial charge in [0.2, 0.25) is 0 Å². The van der Waals surface area contributed by atoms with Gasteiger partial charge in [0.1, 0.15) is 0 Å². The lowest BCUT2D eigenvalue weighted by Crippen LogP contribution is -2.43. The van der Waals surface area contributed by atoms with Gasteiger partial charge >= 0.3 is 0 Å². The minimum absolute atomic E-state index is 0.147. The second-order valence-electron chi connectivity index (χ2n) is 5.72. The van der Waals surface area contributed by atoms with Gasteiger partial charge in [0.25, 0.3) is 0 Å². The quantitative estimate of drug-likeness (QED) is 0.638. The van der Waals surface area contributed by atoms with Gasteiger partial charge < -0.3 is 15.3 Å². The number of fused-ring (bicyclic) bond motifs is 1. The molecule has 0 aromatic heterocycles. The van der Waals surface area contributed by atoms with Gasteiger partial charge in [0.05, 0.1) is 6.10 Å². The summed E-state index contributed by atoms with van der Waals surface area (Å²) in [6.07, 6.45) is 4.12. The molecule has 1 aromatic rings. The Kier molecular flexibility index (Phi) is 3.92. The van der Waals surface area contributed by atoms with Gasteiger partial charge in [0.15, 0.2) is 5.96 Å². The van der Waals surface area contributed by atoms with E-state index in [1.165, 1.54) is 11.3 Å². The number of nitrogens with zero attached hydrogens (tertiary/aromatic N) is 2. The molecule has 2 unspecified atom stereocenters. The van der Waals surface area contributed by atoms with Crippen LogP contribution in [0.3, 0.4) is 0 Å². The van der Waals surface area contributed by atoms with Crippen LogP contribution in [0.5, 0.6) is 0 Å². The summed E-state index contributed by atoms with van der Waals surface area (Å²) < 4.78 is 0. The first-order valence-corrected chi connectivity index (χ1v) is 7.53. The molecular weight excluding hydrogens is 250 g/mol. The fourth-order valence-corrected chi connectivity index (χ4v) is 3.33. The second kappa shape index (κ2) is 5.83. The lowest BCUT2D eigenvalue weighted by molar-refractivity contribution is 0.134. The molecule has 2 N–H and O–H groups in total. The SMILES string of the molecule is CN=C(NCC1CCCC1O)N1CCc2ccccc21. The minimum atomic E-state index is -0.147. The summed E-state index contributed by atoms with van der Waals surface area (Å²) >= 11 is 0. The maximum atomic E-state index is 9.90. The standard InChI is InChI=1S/C16H23N3O/c1-17-16(18-11-13-6-4-8-15(13)20)19-10-9-12-5-2-3-7-14(12)19/h2-3,5,7,13,15,20H,4,6,8-11H2,1H3,(H,17,18). The van der Waals surface area contributed by atoms with Gasteiger partial charge in [-0.05, 0) is 30.9 Å². The Labute approximate surface area is 120 Å². The molecule has 1 aromatic carbocycles. The summed E-state index contributed by atoms with van der Waals surface area (Å²) in [5, 5.41) is 13.3. The zero-order valence-electron chi connectivity index (χ0n) is 12.0. The van der Waals surface area contributed by atoms with Crippen LogP contribution < -0.4 is 10.2 Å². The first-order valence-electron chi connectivity index (χ1n) is 7.53. The van der Waals surface area contributed by atoms with Crippen molar-refractivity contribution in [2.24, 2.45) is 10.9 Å². The summed E-state index contributed by atoms with van der Waals surface area (Å²) in [7, 11) is 1.83. The average molecular weight is 273 g/mol. The van der Waals surface area contributed by atoms with Crippen LogP contribution in [-0.4, -0.2) is 37.3 Å². The van der Waals surface area contributed by atoms with E-state index < -0.39 is 0 Å². The maximum Gasteiger partial charge on any atom is 0.198 e. The molecule has 0 saturated heterocycles. The third-order valence-corrected chi connectivity index (χ3v) is 4.50. The normalized spacial score (nSPS) is 25.9. The number of para-hydroxylation sites is 1. The van der Waals surface area contributed by atoms with Crippen LogP contribution in [-0.2, 0) is 6.42 Å². The number of nitrogens with one attached hydrogen (secondary N) is 1. The summed E-state index contributed by atoms with van der Waals surface area (Å²) in [4.78, 5) is 6.65. The Bertz CT molecular complexity index is 500. The van der Waals surface area contributed by atoms with E-state index in [9.17, 15) is 5.11 Å². The van der Waals surface area contributed by atoms with Gasteiger partial charge in [-0.15, -0.1) is 0 Å². The van der Waals surface area contributed by atoms with Crippen LogP contribution in [0.2, 0.25) is 0 Å². The van der Waals surface area contributed by atoms with Crippen molar-refractivity contribution in [3.05, 3.63) is 29.8 Å². The van der Waals surface area contributed by atoms with Crippen LogP contribution in [0.15, 0.2) is 29.3 Å². The molecule has 0 bridgehead atoms. The van der Waals surface area contributed by atoms with Crippen LogP contribution in [0.25, 0.3) is 0 Å². The minimum Gasteiger partial charge on any atom is -0.393 e. The number of aliphatic hydroxyl groups excluding tert-OH is 1. The van der Waals surface area contributed by atoms with Crippen molar-refractivity contribution in [2.75, 3.05) is 25.0 Å². The van der Waals surface area contributed by atoms with Gasteiger partial charge in [-0.3, -0.25) is 4.99 Å². The van der Waals surface area contributed by atoms with Gasteiger partial charge in [-0.2, -0.15) is 0 Å². The number of rotatable bonds is 2. The summed E-state index contributed by atoms with van der Waals surface area (Å²) in [6.45, 7) is 1.79. The fraction of sp³-hybridized carbons (Fsp3) is 0.562. The lowest BCUT2D eigenvalue weighted by atomic mass is 10.1. The smallest absolute Gasteiger partial charge is 0.198 e.